The second-order valence-electron chi connectivity index (χ2n) is 6.32. The Morgan fingerprint density at radius 3 is 2.68 bits per heavy atom. The highest BCUT2D eigenvalue weighted by Gasteiger charge is 2.28. The lowest BCUT2D eigenvalue weighted by Crippen LogP contribution is -2.51. The van der Waals surface area contributed by atoms with Crippen LogP contribution in [0, 0.1) is 5.92 Å². The Bertz CT molecular complexity index is 386. The number of nitrogens with zero attached hydrogens (tertiary/aromatic N) is 1. The van der Waals surface area contributed by atoms with Crippen molar-refractivity contribution in [2.75, 3.05) is 19.6 Å². The summed E-state index contributed by atoms with van der Waals surface area (Å²) in [5.74, 6) is 1.02. The molecule has 2 unspecified atom stereocenters. The zero-order valence-corrected chi connectivity index (χ0v) is 12.0. The summed E-state index contributed by atoms with van der Waals surface area (Å²) in [6.45, 7) is 5.86. The molecule has 1 aromatic carbocycles. The lowest BCUT2D eigenvalue weighted by molar-refractivity contribution is 0.117. The molecule has 0 spiro atoms. The van der Waals surface area contributed by atoms with Crippen molar-refractivity contribution < 1.29 is 0 Å². The highest BCUT2D eigenvalue weighted by molar-refractivity contribution is 5.20. The van der Waals surface area contributed by atoms with Crippen LogP contribution in [0.5, 0.6) is 0 Å². The predicted molar refractivity (Wildman–Crippen MR) is 80.2 cm³/mol. The van der Waals surface area contributed by atoms with Gasteiger partial charge in [-0.2, -0.15) is 0 Å². The normalized spacial score (nSPS) is 29.1. The molecule has 1 saturated carbocycles. The van der Waals surface area contributed by atoms with E-state index < -0.39 is 0 Å². The van der Waals surface area contributed by atoms with Gasteiger partial charge >= 0.3 is 0 Å². The summed E-state index contributed by atoms with van der Waals surface area (Å²) in [7, 11) is 0. The van der Waals surface area contributed by atoms with Gasteiger partial charge in [-0.1, -0.05) is 49.6 Å². The highest BCUT2D eigenvalue weighted by atomic mass is 15.2. The average Bonchev–Trinajstić information content (AvgIpc) is 2.38. The van der Waals surface area contributed by atoms with Crippen LogP contribution < -0.4 is 5.32 Å². The summed E-state index contributed by atoms with van der Waals surface area (Å²) in [5, 5.41) is 3.63. The summed E-state index contributed by atoms with van der Waals surface area (Å²) < 4.78 is 0. The van der Waals surface area contributed by atoms with Crippen LogP contribution in [0.1, 0.15) is 44.2 Å². The molecule has 0 aromatic heterocycles. The fourth-order valence-corrected chi connectivity index (χ4v) is 3.37. The van der Waals surface area contributed by atoms with Gasteiger partial charge in [0.05, 0.1) is 0 Å². The van der Waals surface area contributed by atoms with Crippen LogP contribution in [-0.4, -0.2) is 30.6 Å². The number of hydrogen-bond acceptors (Lipinski definition) is 2. The molecule has 2 nitrogen and oxygen atoms in total. The van der Waals surface area contributed by atoms with Crippen molar-refractivity contribution in [3.63, 3.8) is 0 Å². The number of benzene rings is 1. The Labute approximate surface area is 117 Å². The molecule has 19 heavy (non-hydrogen) atoms. The van der Waals surface area contributed by atoms with Gasteiger partial charge in [0.25, 0.3) is 0 Å². The third-order valence-corrected chi connectivity index (χ3v) is 4.84. The quantitative estimate of drug-likeness (QED) is 0.892. The van der Waals surface area contributed by atoms with Gasteiger partial charge in [-0.25, -0.2) is 0 Å². The third kappa shape index (κ3) is 3.18. The zero-order chi connectivity index (χ0) is 13.1. The van der Waals surface area contributed by atoms with E-state index in [1.807, 2.05) is 0 Å². The van der Waals surface area contributed by atoms with E-state index in [1.54, 1.807) is 0 Å². The van der Waals surface area contributed by atoms with Crippen LogP contribution >= 0.6 is 0 Å². The van der Waals surface area contributed by atoms with Crippen LogP contribution in [0.15, 0.2) is 30.3 Å². The molecule has 0 radical (unpaired) electrons. The molecule has 1 saturated heterocycles. The van der Waals surface area contributed by atoms with Gasteiger partial charge < -0.3 is 5.32 Å². The smallest absolute Gasteiger partial charge is 0.0473 e. The first-order chi connectivity index (χ1) is 9.33. The molecule has 0 bridgehead atoms. The average molecular weight is 258 g/mol. The first-order valence-corrected chi connectivity index (χ1v) is 7.85. The maximum atomic E-state index is 3.63. The number of nitrogens with one attached hydrogen (secondary N) is 1. The lowest BCUT2D eigenvalue weighted by atomic mass is 9.82. The zero-order valence-electron chi connectivity index (χ0n) is 12.0. The van der Waals surface area contributed by atoms with Crippen molar-refractivity contribution in [2.45, 2.75) is 44.7 Å². The topological polar surface area (TPSA) is 15.3 Å². The number of hydrogen-bond donors (Lipinski definition) is 1. The van der Waals surface area contributed by atoms with E-state index in [0.29, 0.717) is 12.1 Å². The summed E-state index contributed by atoms with van der Waals surface area (Å²) in [6, 6.07) is 12.2. The molecule has 1 aromatic rings. The van der Waals surface area contributed by atoms with Crippen LogP contribution in [0.4, 0.5) is 0 Å². The van der Waals surface area contributed by atoms with Crippen molar-refractivity contribution >= 4 is 0 Å². The predicted octanol–water partition coefficient (Wildman–Crippen LogP) is 3.21. The van der Waals surface area contributed by atoms with Crippen molar-refractivity contribution in [1.82, 2.24) is 10.2 Å². The summed E-state index contributed by atoms with van der Waals surface area (Å²) in [4.78, 5) is 2.70. The molecule has 2 heteroatoms. The van der Waals surface area contributed by atoms with Gasteiger partial charge in [0.15, 0.2) is 0 Å². The molecule has 1 aliphatic heterocycles. The molecule has 1 aliphatic carbocycles. The van der Waals surface area contributed by atoms with Gasteiger partial charge in [-0.05, 0) is 31.4 Å². The summed E-state index contributed by atoms with van der Waals surface area (Å²) in [5.41, 5.74) is 1.47. The van der Waals surface area contributed by atoms with Crippen molar-refractivity contribution in [3.05, 3.63) is 35.9 Å². The van der Waals surface area contributed by atoms with Crippen molar-refractivity contribution in [2.24, 2.45) is 5.92 Å². The van der Waals surface area contributed by atoms with E-state index in [4.69, 9.17) is 0 Å². The molecular weight excluding hydrogens is 232 g/mol. The molecule has 1 N–H and O–H groups in total. The SMILES string of the molecule is CC1CN(CCC2CCC2)C(c2ccccc2)CN1. The molecule has 1 heterocycles. The molecular formula is C17H26N2. The fourth-order valence-electron chi connectivity index (χ4n) is 3.37. The molecule has 2 aliphatic rings. The number of rotatable bonds is 4. The Kier molecular flexibility index (Phi) is 4.19. The first-order valence-electron chi connectivity index (χ1n) is 7.85. The van der Waals surface area contributed by atoms with Gasteiger partial charge in [-0.15, -0.1) is 0 Å². The van der Waals surface area contributed by atoms with Crippen LogP contribution in [0.3, 0.4) is 0 Å². The van der Waals surface area contributed by atoms with Crippen LogP contribution in [-0.2, 0) is 0 Å². The van der Waals surface area contributed by atoms with E-state index in [2.05, 4.69) is 47.5 Å². The maximum absolute atomic E-state index is 3.63. The monoisotopic (exact) mass is 258 g/mol. The van der Waals surface area contributed by atoms with E-state index in [1.165, 1.54) is 44.3 Å². The van der Waals surface area contributed by atoms with Crippen LogP contribution in [0.25, 0.3) is 0 Å². The van der Waals surface area contributed by atoms with Gasteiger partial charge in [0.2, 0.25) is 0 Å². The minimum atomic E-state index is 0.567. The van der Waals surface area contributed by atoms with Crippen molar-refractivity contribution in [1.29, 1.82) is 0 Å². The maximum Gasteiger partial charge on any atom is 0.0473 e. The summed E-state index contributed by atoms with van der Waals surface area (Å²) in [6.07, 6.45) is 5.80. The van der Waals surface area contributed by atoms with Gasteiger partial charge in [0.1, 0.15) is 0 Å². The van der Waals surface area contributed by atoms with Gasteiger partial charge in [0, 0.05) is 25.2 Å². The Hall–Kier alpha value is -0.860. The Morgan fingerprint density at radius 2 is 2.00 bits per heavy atom. The second-order valence-corrected chi connectivity index (χ2v) is 6.32. The largest absolute Gasteiger partial charge is 0.311 e. The van der Waals surface area contributed by atoms with Crippen molar-refractivity contribution in [3.8, 4) is 0 Å². The molecule has 104 valence electrons. The Balaban J connectivity index is 1.65. The molecule has 2 fully saturated rings. The summed E-state index contributed by atoms with van der Waals surface area (Å²) >= 11 is 0. The molecule has 3 rings (SSSR count). The minimum Gasteiger partial charge on any atom is -0.311 e. The molecule has 2 atom stereocenters. The highest BCUT2D eigenvalue weighted by Crippen LogP contribution is 2.31. The minimum absolute atomic E-state index is 0.567. The third-order valence-electron chi connectivity index (χ3n) is 4.84. The Morgan fingerprint density at radius 1 is 1.21 bits per heavy atom. The fraction of sp³-hybridized carbons (Fsp3) is 0.647. The lowest BCUT2D eigenvalue weighted by Gasteiger charge is -2.41. The van der Waals surface area contributed by atoms with Crippen LogP contribution in [0.2, 0.25) is 0 Å². The van der Waals surface area contributed by atoms with Gasteiger partial charge in [-0.3, -0.25) is 4.90 Å². The van der Waals surface area contributed by atoms with E-state index in [0.717, 1.165) is 12.5 Å². The number of piperazine rings is 1. The van der Waals surface area contributed by atoms with E-state index >= 15 is 0 Å². The van der Waals surface area contributed by atoms with E-state index in [-0.39, 0.29) is 0 Å². The standard InChI is InChI=1S/C17H26N2/c1-14-13-19(11-10-15-6-5-7-15)17(12-18-14)16-8-3-2-4-9-16/h2-4,8-9,14-15,17-18H,5-7,10-13H2,1H3. The van der Waals surface area contributed by atoms with E-state index in [9.17, 15) is 0 Å². The second kappa shape index (κ2) is 6.06. The molecule has 0 amide bonds. The first kappa shape index (κ1) is 13.1.